The normalized spacial score (nSPS) is 28.7. The van der Waals surface area contributed by atoms with Crippen LogP contribution in [0.2, 0.25) is 0 Å². The summed E-state index contributed by atoms with van der Waals surface area (Å²) in [6, 6.07) is 3.67. The standard InChI is InChI=1S/C16H28N2S/c1-4-8-17-16-6-10-18(14(3)13(16)2)9-5-15-7-11-19-12-15/h7,11-14,16-17H,4-6,8-10H2,1-3H3. The van der Waals surface area contributed by atoms with Crippen molar-refractivity contribution in [3.8, 4) is 0 Å². The first-order valence-electron chi connectivity index (χ1n) is 7.71. The largest absolute Gasteiger partial charge is 0.314 e. The third-order valence-electron chi connectivity index (χ3n) is 4.62. The predicted octanol–water partition coefficient (Wildman–Crippen LogP) is 3.39. The quantitative estimate of drug-likeness (QED) is 0.859. The van der Waals surface area contributed by atoms with Crippen LogP contribution < -0.4 is 5.32 Å². The molecule has 1 aliphatic heterocycles. The number of nitrogens with one attached hydrogen (secondary N) is 1. The molecule has 2 nitrogen and oxygen atoms in total. The SMILES string of the molecule is CCCNC1CCN(CCc2ccsc2)C(C)C1C. The van der Waals surface area contributed by atoms with E-state index in [1.165, 1.54) is 37.9 Å². The first kappa shape index (κ1) is 15.0. The van der Waals surface area contributed by atoms with Gasteiger partial charge in [0.1, 0.15) is 0 Å². The van der Waals surface area contributed by atoms with Gasteiger partial charge in [0.25, 0.3) is 0 Å². The molecule has 0 aliphatic carbocycles. The molecule has 1 aliphatic rings. The lowest BCUT2D eigenvalue weighted by Gasteiger charge is -2.43. The van der Waals surface area contributed by atoms with Crippen LogP contribution in [-0.2, 0) is 6.42 Å². The van der Waals surface area contributed by atoms with Crippen LogP contribution in [0.3, 0.4) is 0 Å². The molecule has 19 heavy (non-hydrogen) atoms. The number of likely N-dealkylation sites (tertiary alicyclic amines) is 1. The molecule has 3 unspecified atom stereocenters. The van der Waals surface area contributed by atoms with Gasteiger partial charge in [-0.15, -0.1) is 0 Å². The van der Waals surface area contributed by atoms with E-state index in [0.717, 1.165) is 12.5 Å². The van der Waals surface area contributed by atoms with Gasteiger partial charge in [-0.2, -0.15) is 11.3 Å². The van der Waals surface area contributed by atoms with E-state index in [-0.39, 0.29) is 0 Å². The highest BCUT2D eigenvalue weighted by atomic mass is 32.1. The van der Waals surface area contributed by atoms with Crippen LogP contribution in [0.1, 0.15) is 39.2 Å². The van der Waals surface area contributed by atoms with Crippen molar-refractivity contribution in [2.24, 2.45) is 5.92 Å². The maximum atomic E-state index is 3.72. The Labute approximate surface area is 122 Å². The molecule has 1 aromatic heterocycles. The minimum absolute atomic E-state index is 0.696. The molecule has 0 saturated carbocycles. The minimum Gasteiger partial charge on any atom is -0.314 e. The Hall–Kier alpha value is -0.380. The topological polar surface area (TPSA) is 15.3 Å². The molecule has 2 heterocycles. The van der Waals surface area contributed by atoms with Crippen LogP contribution in [0.15, 0.2) is 16.8 Å². The summed E-state index contributed by atoms with van der Waals surface area (Å²) in [5, 5.41) is 8.18. The second-order valence-electron chi connectivity index (χ2n) is 5.87. The zero-order chi connectivity index (χ0) is 13.7. The van der Waals surface area contributed by atoms with Crippen molar-refractivity contribution in [2.45, 2.75) is 52.1 Å². The lowest BCUT2D eigenvalue weighted by Crippen LogP contribution is -2.53. The molecule has 1 saturated heterocycles. The summed E-state index contributed by atoms with van der Waals surface area (Å²) in [7, 11) is 0. The lowest BCUT2D eigenvalue weighted by atomic mass is 9.86. The van der Waals surface area contributed by atoms with Crippen molar-refractivity contribution in [3.63, 3.8) is 0 Å². The van der Waals surface area contributed by atoms with E-state index in [0.29, 0.717) is 12.1 Å². The molecule has 2 rings (SSSR count). The van der Waals surface area contributed by atoms with Crippen molar-refractivity contribution in [3.05, 3.63) is 22.4 Å². The molecule has 108 valence electrons. The van der Waals surface area contributed by atoms with Crippen LogP contribution in [0.25, 0.3) is 0 Å². The van der Waals surface area contributed by atoms with Crippen LogP contribution in [0.5, 0.6) is 0 Å². The fraction of sp³-hybridized carbons (Fsp3) is 0.750. The molecule has 1 N–H and O–H groups in total. The van der Waals surface area contributed by atoms with Crippen LogP contribution in [0.4, 0.5) is 0 Å². The van der Waals surface area contributed by atoms with E-state index in [4.69, 9.17) is 0 Å². The van der Waals surface area contributed by atoms with Crippen molar-refractivity contribution >= 4 is 11.3 Å². The molecular formula is C16H28N2S. The van der Waals surface area contributed by atoms with E-state index < -0.39 is 0 Å². The Morgan fingerprint density at radius 2 is 2.26 bits per heavy atom. The second-order valence-corrected chi connectivity index (χ2v) is 6.65. The number of hydrogen-bond donors (Lipinski definition) is 1. The number of rotatable bonds is 6. The summed E-state index contributed by atoms with van der Waals surface area (Å²) in [5.74, 6) is 0.753. The van der Waals surface area contributed by atoms with Crippen LogP contribution >= 0.6 is 11.3 Å². The Kier molecular flexibility index (Phi) is 5.86. The Morgan fingerprint density at radius 1 is 1.42 bits per heavy atom. The third-order valence-corrected chi connectivity index (χ3v) is 5.36. The summed E-state index contributed by atoms with van der Waals surface area (Å²) >= 11 is 1.81. The first-order chi connectivity index (χ1) is 9.22. The van der Waals surface area contributed by atoms with Gasteiger partial charge in [0.2, 0.25) is 0 Å². The monoisotopic (exact) mass is 280 g/mol. The smallest absolute Gasteiger partial charge is 0.0120 e. The Balaban J connectivity index is 1.81. The summed E-state index contributed by atoms with van der Waals surface area (Å²) in [5.41, 5.74) is 1.50. The predicted molar refractivity (Wildman–Crippen MR) is 84.9 cm³/mol. The zero-order valence-electron chi connectivity index (χ0n) is 12.6. The van der Waals surface area contributed by atoms with Crippen molar-refractivity contribution in [1.82, 2.24) is 10.2 Å². The highest BCUT2D eigenvalue weighted by Gasteiger charge is 2.31. The third kappa shape index (κ3) is 4.04. The molecule has 0 spiro atoms. The van der Waals surface area contributed by atoms with Gasteiger partial charge in [0.15, 0.2) is 0 Å². The maximum absolute atomic E-state index is 3.72. The molecule has 1 fully saturated rings. The molecule has 0 bridgehead atoms. The Bertz CT molecular complexity index is 350. The van der Waals surface area contributed by atoms with Gasteiger partial charge in [-0.25, -0.2) is 0 Å². The summed E-state index contributed by atoms with van der Waals surface area (Å²) in [4.78, 5) is 2.67. The fourth-order valence-electron chi connectivity index (χ4n) is 3.08. The van der Waals surface area contributed by atoms with Crippen LogP contribution in [0, 0.1) is 5.92 Å². The summed E-state index contributed by atoms with van der Waals surface area (Å²) in [6.07, 6.45) is 3.74. The number of thiophene rings is 1. The second kappa shape index (κ2) is 7.41. The van der Waals surface area contributed by atoms with Crippen molar-refractivity contribution < 1.29 is 0 Å². The van der Waals surface area contributed by atoms with Gasteiger partial charge in [0, 0.05) is 18.6 Å². The highest BCUT2D eigenvalue weighted by molar-refractivity contribution is 7.07. The van der Waals surface area contributed by atoms with Crippen LogP contribution in [-0.4, -0.2) is 36.6 Å². The molecule has 1 aromatic rings. The summed E-state index contributed by atoms with van der Waals surface area (Å²) < 4.78 is 0. The van der Waals surface area contributed by atoms with Gasteiger partial charge >= 0.3 is 0 Å². The average Bonchev–Trinajstić information content (AvgIpc) is 2.92. The molecule has 0 amide bonds. The van der Waals surface area contributed by atoms with E-state index in [9.17, 15) is 0 Å². The van der Waals surface area contributed by atoms with E-state index in [1.54, 1.807) is 0 Å². The van der Waals surface area contributed by atoms with E-state index in [1.807, 2.05) is 11.3 Å². The first-order valence-corrected chi connectivity index (χ1v) is 8.65. The fourth-order valence-corrected chi connectivity index (χ4v) is 3.78. The molecule has 0 radical (unpaired) electrons. The average molecular weight is 280 g/mol. The van der Waals surface area contributed by atoms with E-state index >= 15 is 0 Å². The Morgan fingerprint density at radius 3 is 2.95 bits per heavy atom. The molecule has 3 heteroatoms. The zero-order valence-corrected chi connectivity index (χ0v) is 13.4. The number of hydrogen-bond acceptors (Lipinski definition) is 3. The van der Waals surface area contributed by atoms with Crippen molar-refractivity contribution in [1.29, 1.82) is 0 Å². The van der Waals surface area contributed by atoms with Gasteiger partial charge in [-0.05, 0) is 67.6 Å². The van der Waals surface area contributed by atoms with E-state index in [2.05, 4.69) is 47.8 Å². The summed E-state index contributed by atoms with van der Waals surface area (Å²) in [6.45, 7) is 10.7. The lowest BCUT2D eigenvalue weighted by molar-refractivity contribution is 0.0862. The number of piperidine rings is 1. The maximum Gasteiger partial charge on any atom is 0.0120 e. The number of nitrogens with zero attached hydrogens (tertiary/aromatic N) is 1. The van der Waals surface area contributed by atoms with Crippen molar-refractivity contribution in [2.75, 3.05) is 19.6 Å². The van der Waals surface area contributed by atoms with Gasteiger partial charge < -0.3 is 5.32 Å². The minimum atomic E-state index is 0.696. The van der Waals surface area contributed by atoms with Gasteiger partial charge in [-0.1, -0.05) is 13.8 Å². The molecule has 0 aromatic carbocycles. The molecule has 3 atom stereocenters. The highest BCUT2D eigenvalue weighted by Crippen LogP contribution is 2.24. The van der Waals surface area contributed by atoms with Gasteiger partial charge in [0.05, 0.1) is 0 Å². The van der Waals surface area contributed by atoms with Gasteiger partial charge in [-0.3, -0.25) is 4.90 Å². The molecular weight excluding hydrogens is 252 g/mol.